The van der Waals surface area contributed by atoms with Gasteiger partial charge < -0.3 is 14.8 Å². The Morgan fingerprint density at radius 1 is 0.958 bits per heavy atom. The van der Waals surface area contributed by atoms with Crippen LogP contribution in [0.1, 0.15) is 28.8 Å². The normalized spacial score (nSPS) is 17.2. The molecule has 1 aliphatic carbocycles. The summed E-state index contributed by atoms with van der Waals surface area (Å²) in [7, 11) is 0. The molecule has 124 valence electrons. The zero-order chi connectivity index (χ0) is 16.7. The van der Waals surface area contributed by atoms with E-state index in [1.165, 1.54) is 6.07 Å². The van der Waals surface area contributed by atoms with Gasteiger partial charge in [-0.05, 0) is 48.7 Å². The van der Waals surface area contributed by atoms with Gasteiger partial charge in [-0.3, -0.25) is 4.79 Å². The monoisotopic (exact) mass is 331 g/mol. The standard InChI is InChI=1S/C18H15F2NO3/c19-13-3-1-11(9-14(13)20)17(22)21-18(5-6-18)12-2-4-15-16(10-12)24-8-7-23-15/h1-4,9-10H,5-8H2,(H,21,22). The fraction of sp³-hybridized carbons (Fsp3) is 0.278. The molecule has 0 saturated heterocycles. The van der Waals surface area contributed by atoms with Crippen molar-refractivity contribution in [3.8, 4) is 11.5 Å². The molecule has 0 atom stereocenters. The Kier molecular flexibility index (Phi) is 3.40. The van der Waals surface area contributed by atoms with Gasteiger partial charge in [0.1, 0.15) is 13.2 Å². The van der Waals surface area contributed by atoms with Gasteiger partial charge in [-0.2, -0.15) is 0 Å². The van der Waals surface area contributed by atoms with Gasteiger partial charge in [-0.25, -0.2) is 8.78 Å². The summed E-state index contributed by atoms with van der Waals surface area (Å²) in [6.07, 6.45) is 1.56. The largest absolute Gasteiger partial charge is 0.486 e. The molecule has 24 heavy (non-hydrogen) atoms. The van der Waals surface area contributed by atoms with Gasteiger partial charge in [-0.1, -0.05) is 6.07 Å². The molecule has 0 spiro atoms. The average molecular weight is 331 g/mol. The van der Waals surface area contributed by atoms with E-state index < -0.39 is 23.1 Å². The molecule has 0 aromatic heterocycles. The molecular weight excluding hydrogens is 316 g/mol. The third-order valence-corrected chi connectivity index (χ3v) is 4.38. The minimum atomic E-state index is -1.04. The van der Waals surface area contributed by atoms with Crippen molar-refractivity contribution in [2.75, 3.05) is 13.2 Å². The van der Waals surface area contributed by atoms with Crippen molar-refractivity contribution < 1.29 is 23.0 Å². The minimum Gasteiger partial charge on any atom is -0.486 e. The molecule has 2 aromatic carbocycles. The van der Waals surface area contributed by atoms with Gasteiger partial charge in [0.15, 0.2) is 23.1 Å². The maximum Gasteiger partial charge on any atom is 0.252 e. The summed E-state index contributed by atoms with van der Waals surface area (Å²) >= 11 is 0. The first-order valence-corrected chi connectivity index (χ1v) is 7.75. The molecule has 4 nitrogen and oxygen atoms in total. The van der Waals surface area contributed by atoms with E-state index >= 15 is 0 Å². The first kappa shape index (κ1) is 14.9. The van der Waals surface area contributed by atoms with E-state index in [9.17, 15) is 13.6 Å². The molecule has 0 unspecified atom stereocenters. The molecule has 2 aromatic rings. The summed E-state index contributed by atoms with van der Waals surface area (Å²) in [6, 6.07) is 8.72. The Hall–Kier alpha value is -2.63. The number of benzene rings is 2. The summed E-state index contributed by atoms with van der Waals surface area (Å²) in [4.78, 5) is 12.4. The number of amides is 1. The highest BCUT2D eigenvalue weighted by Crippen LogP contribution is 2.48. The first-order chi connectivity index (χ1) is 11.6. The maximum absolute atomic E-state index is 13.3. The number of ether oxygens (including phenoxy) is 2. The van der Waals surface area contributed by atoms with Crippen molar-refractivity contribution in [2.45, 2.75) is 18.4 Å². The van der Waals surface area contributed by atoms with Crippen LogP contribution in [0, 0.1) is 11.6 Å². The summed E-state index contributed by atoms with van der Waals surface area (Å²) in [5.74, 6) is -1.09. The van der Waals surface area contributed by atoms with E-state index in [0.29, 0.717) is 24.7 Å². The van der Waals surface area contributed by atoms with Crippen LogP contribution >= 0.6 is 0 Å². The van der Waals surface area contributed by atoms with Crippen molar-refractivity contribution >= 4 is 5.91 Å². The van der Waals surface area contributed by atoms with Crippen LogP contribution in [0.2, 0.25) is 0 Å². The lowest BCUT2D eigenvalue weighted by atomic mass is 10.0. The number of rotatable bonds is 3. The predicted octanol–water partition coefficient (Wildman–Crippen LogP) is 3.16. The molecule has 1 amide bonds. The molecule has 6 heteroatoms. The van der Waals surface area contributed by atoms with Gasteiger partial charge in [0.25, 0.3) is 5.91 Å². The summed E-state index contributed by atoms with van der Waals surface area (Å²) in [5.41, 5.74) is 0.526. The molecule has 1 N–H and O–H groups in total. The molecule has 1 fully saturated rings. The molecule has 1 heterocycles. The first-order valence-electron chi connectivity index (χ1n) is 7.75. The second kappa shape index (κ2) is 5.47. The van der Waals surface area contributed by atoms with Crippen LogP contribution in [0.25, 0.3) is 0 Å². The second-order valence-electron chi connectivity index (χ2n) is 6.02. The van der Waals surface area contributed by atoms with Crippen molar-refractivity contribution in [3.05, 3.63) is 59.2 Å². The average Bonchev–Trinajstić information content (AvgIpc) is 3.37. The van der Waals surface area contributed by atoms with Crippen molar-refractivity contribution in [1.29, 1.82) is 0 Å². The Morgan fingerprint density at radius 2 is 1.71 bits per heavy atom. The number of nitrogens with one attached hydrogen (secondary N) is 1. The van der Waals surface area contributed by atoms with Crippen LogP contribution in [0.3, 0.4) is 0 Å². The smallest absolute Gasteiger partial charge is 0.252 e. The third-order valence-electron chi connectivity index (χ3n) is 4.38. The highest BCUT2D eigenvalue weighted by atomic mass is 19.2. The summed E-state index contributed by atoms with van der Waals surface area (Å²) < 4.78 is 37.4. The number of hydrogen-bond donors (Lipinski definition) is 1. The van der Waals surface area contributed by atoms with Crippen molar-refractivity contribution in [3.63, 3.8) is 0 Å². The molecule has 0 radical (unpaired) electrons. The maximum atomic E-state index is 13.3. The van der Waals surface area contributed by atoms with Crippen LogP contribution in [-0.4, -0.2) is 19.1 Å². The molecule has 1 aliphatic heterocycles. The number of carbonyl (C=O) groups is 1. The van der Waals surface area contributed by atoms with Gasteiger partial charge in [0, 0.05) is 5.56 Å². The lowest BCUT2D eigenvalue weighted by Gasteiger charge is -2.22. The highest BCUT2D eigenvalue weighted by molar-refractivity contribution is 5.95. The van der Waals surface area contributed by atoms with Crippen LogP contribution in [-0.2, 0) is 5.54 Å². The van der Waals surface area contributed by atoms with E-state index in [1.54, 1.807) is 0 Å². The zero-order valence-electron chi connectivity index (χ0n) is 12.8. The SMILES string of the molecule is O=C(NC1(c2ccc3c(c2)OCCO3)CC1)c1ccc(F)c(F)c1. The van der Waals surface area contributed by atoms with Crippen LogP contribution in [0.4, 0.5) is 8.78 Å². The van der Waals surface area contributed by atoms with Gasteiger partial charge >= 0.3 is 0 Å². The topological polar surface area (TPSA) is 47.6 Å². The van der Waals surface area contributed by atoms with E-state index in [2.05, 4.69) is 5.32 Å². The highest BCUT2D eigenvalue weighted by Gasteiger charge is 2.46. The van der Waals surface area contributed by atoms with E-state index in [1.807, 2.05) is 18.2 Å². The quantitative estimate of drug-likeness (QED) is 0.940. The van der Waals surface area contributed by atoms with Crippen molar-refractivity contribution in [2.24, 2.45) is 0 Å². The Bertz CT molecular complexity index is 818. The number of hydrogen-bond acceptors (Lipinski definition) is 3. The van der Waals surface area contributed by atoms with Crippen LogP contribution in [0.5, 0.6) is 11.5 Å². The number of halogens is 2. The van der Waals surface area contributed by atoms with E-state index in [-0.39, 0.29) is 5.56 Å². The van der Waals surface area contributed by atoms with Gasteiger partial charge in [-0.15, -0.1) is 0 Å². The fourth-order valence-electron chi connectivity index (χ4n) is 2.88. The van der Waals surface area contributed by atoms with Gasteiger partial charge in [0.05, 0.1) is 5.54 Å². The lowest BCUT2D eigenvalue weighted by molar-refractivity contribution is 0.0930. The fourth-order valence-corrected chi connectivity index (χ4v) is 2.88. The van der Waals surface area contributed by atoms with Crippen LogP contribution < -0.4 is 14.8 Å². The molecule has 0 bridgehead atoms. The summed E-state index contributed by atoms with van der Waals surface area (Å²) in [6.45, 7) is 1.01. The number of fused-ring (bicyclic) bond motifs is 1. The van der Waals surface area contributed by atoms with E-state index in [4.69, 9.17) is 9.47 Å². The molecule has 1 saturated carbocycles. The van der Waals surface area contributed by atoms with E-state index in [0.717, 1.165) is 30.5 Å². The van der Waals surface area contributed by atoms with Crippen LogP contribution in [0.15, 0.2) is 36.4 Å². The number of carbonyl (C=O) groups excluding carboxylic acids is 1. The second-order valence-corrected chi connectivity index (χ2v) is 6.02. The molecular formula is C18H15F2NO3. The molecule has 2 aliphatic rings. The third kappa shape index (κ3) is 2.58. The van der Waals surface area contributed by atoms with Gasteiger partial charge in [0.2, 0.25) is 0 Å². The Labute approximate surface area is 137 Å². The Morgan fingerprint density at radius 3 is 2.42 bits per heavy atom. The molecule has 4 rings (SSSR count). The lowest BCUT2D eigenvalue weighted by Crippen LogP contribution is -2.35. The summed E-state index contributed by atoms with van der Waals surface area (Å²) in [5, 5.41) is 2.93. The minimum absolute atomic E-state index is 0.0951. The predicted molar refractivity (Wildman–Crippen MR) is 82.2 cm³/mol. The Balaban J connectivity index is 1.57. The van der Waals surface area contributed by atoms with Crippen molar-refractivity contribution in [1.82, 2.24) is 5.32 Å². The zero-order valence-corrected chi connectivity index (χ0v) is 12.8.